The molecular formula is C14H21BrN4. The molecule has 1 saturated carbocycles. The Hall–Kier alpha value is -0.680. The summed E-state index contributed by atoms with van der Waals surface area (Å²) in [4.78, 5) is 13.9. The van der Waals surface area contributed by atoms with Gasteiger partial charge in [0, 0.05) is 31.6 Å². The number of nitrogens with zero attached hydrogens (tertiary/aromatic N) is 4. The summed E-state index contributed by atoms with van der Waals surface area (Å²) in [5.74, 6) is 2.65. The molecule has 1 atom stereocenters. The molecule has 3 rings (SSSR count). The topological polar surface area (TPSA) is 32.3 Å². The van der Waals surface area contributed by atoms with Crippen LogP contribution in [0.3, 0.4) is 0 Å². The van der Waals surface area contributed by atoms with Crippen molar-refractivity contribution in [3.63, 3.8) is 0 Å². The van der Waals surface area contributed by atoms with E-state index in [0.717, 1.165) is 22.8 Å². The highest BCUT2D eigenvalue weighted by Crippen LogP contribution is 2.39. The van der Waals surface area contributed by atoms with Crippen LogP contribution in [0.1, 0.15) is 37.4 Å². The Morgan fingerprint density at radius 2 is 2.16 bits per heavy atom. The monoisotopic (exact) mass is 324 g/mol. The molecule has 0 N–H and O–H groups in total. The number of anilines is 1. The van der Waals surface area contributed by atoms with Gasteiger partial charge in [0.2, 0.25) is 0 Å². The molecule has 2 heterocycles. The van der Waals surface area contributed by atoms with E-state index in [4.69, 9.17) is 4.98 Å². The highest BCUT2D eigenvalue weighted by Gasteiger charge is 2.28. The SMILES string of the molecule is CN(CC1CCCN1C)c1cc(Br)nc(C2CC2)n1. The van der Waals surface area contributed by atoms with Crippen molar-refractivity contribution in [2.24, 2.45) is 0 Å². The van der Waals surface area contributed by atoms with Crippen LogP contribution in [0.5, 0.6) is 0 Å². The van der Waals surface area contributed by atoms with E-state index in [2.05, 4.69) is 44.8 Å². The first kappa shape index (κ1) is 13.3. The lowest BCUT2D eigenvalue weighted by Crippen LogP contribution is -2.37. The lowest BCUT2D eigenvalue weighted by atomic mass is 10.2. The van der Waals surface area contributed by atoms with Crippen LogP contribution in [0.4, 0.5) is 5.82 Å². The highest BCUT2D eigenvalue weighted by atomic mass is 79.9. The van der Waals surface area contributed by atoms with Gasteiger partial charge in [0.1, 0.15) is 16.2 Å². The number of halogens is 1. The Morgan fingerprint density at radius 1 is 1.37 bits per heavy atom. The van der Waals surface area contributed by atoms with Gasteiger partial charge >= 0.3 is 0 Å². The van der Waals surface area contributed by atoms with Crippen molar-refractivity contribution in [2.45, 2.75) is 37.6 Å². The Bertz CT molecular complexity index is 461. The number of hydrogen-bond acceptors (Lipinski definition) is 4. The van der Waals surface area contributed by atoms with E-state index < -0.39 is 0 Å². The van der Waals surface area contributed by atoms with Gasteiger partial charge in [-0.1, -0.05) is 0 Å². The lowest BCUT2D eigenvalue weighted by Gasteiger charge is -2.26. The fourth-order valence-corrected chi connectivity index (χ4v) is 3.15. The molecule has 1 aromatic heterocycles. The number of aromatic nitrogens is 2. The Kier molecular flexibility index (Phi) is 3.76. The largest absolute Gasteiger partial charge is 0.358 e. The van der Waals surface area contributed by atoms with Crippen LogP contribution in [-0.4, -0.2) is 48.1 Å². The number of likely N-dealkylation sites (tertiary alicyclic amines) is 1. The maximum absolute atomic E-state index is 4.73. The minimum absolute atomic E-state index is 0.596. The minimum atomic E-state index is 0.596. The molecule has 19 heavy (non-hydrogen) atoms. The third-order valence-corrected chi connectivity index (χ3v) is 4.59. The molecule has 1 aliphatic heterocycles. The maximum atomic E-state index is 4.73. The fourth-order valence-electron chi connectivity index (χ4n) is 2.76. The molecule has 104 valence electrons. The van der Waals surface area contributed by atoms with Crippen molar-refractivity contribution in [1.82, 2.24) is 14.9 Å². The average molecular weight is 325 g/mol. The molecule has 1 saturated heterocycles. The molecule has 5 heteroatoms. The van der Waals surface area contributed by atoms with Crippen LogP contribution in [0, 0.1) is 0 Å². The molecule has 1 aromatic rings. The quantitative estimate of drug-likeness (QED) is 0.797. The van der Waals surface area contributed by atoms with E-state index in [1.165, 1.54) is 32.2 Å². The van der Waals surface area contributed by atoms with Crippen LogP contribution in [0.2, 0.25) is 0 Å². The smallest absolute Gasteiger partial charge is 0.135 e. The lowest BCUT2D eigenvalue weighted by molar-refractivity contribution is 0.314. The van der Waals surface area contributed by atoms with Crippen molar-refractivity contribution in [2.75, 3.05) is 32.1 Å². The molecular weight excluding hydrogens is 304 g/mol. The first-order valence-corrected chi connectivity index (χ1v) is 7.88. The Balaban J connectivity index is 1.73. The highest BCUT2D eigenvalue weighted by molar-refractivity contribution is 9.10. The van der Waals surface area contributed by atoms with E-state index in [0.29, 0.717) is 12.0 Å². The summed E-state index contributed by atoms with van der Waals surface area (Å²) < 4.78 is 0.908. The molecule has 1 unspecified atom stereocenters. The zero-order chi connectivity index (χ0) is 13.4. The second-order valence-corrected chi connectivity index (χ2v) is 6.65. The van der Waals surface area contributed by atoms with Crippen molar-refractivity contribution < 1.29 is 0 Å². The first-order chi connectivity index (χ1) is 9.13. The summed E-state index contributed by atoms with van der Waals surface area (Å²) >= 11 is 3.51. The number of hydrogen-bond donors (Lipinski definition) is 0. The van der Waals surface area contributed by atoms with Crippen LogP contribution >= 0.6 is 15.9 Å². The third kappa shape index (κ3) is 3.08. The van der Waals surface area contributed by atoms with Crippen LogP contribution in [0.25, 0.3) is 0 Å². The van der Waals surface area contributed by atoms with E-state index in [-0.39, 0.29) is 0 Å². The summed E-state index contributed by atoms with van der Waals surface area (Å²) in [6.45, 7) is 2.27. The Morgan fingerprint density at radius 3 is 2.79 bits per heavy atom. The zero-order valence-electron chi connectivity index (χ0n) is 11.6. The summed E-state index contributed by atoms with van der Waals surface area (Å²) in [5.41, 5.74) is 0. The zero-order valence-corrected chi connectivity index (χ0v) is 13.2. The Labute approximate surface area is 123 Å². The maximum Gasteiger partial charge on any atom is 0.135 e. The predicted octanol–water partition coefficient (Wildman–Crippen LogP) is 2.65. The van der Waals surface area contributed by atoms with Gasteiger partial charge in [-0.3, -0.25) is 0 Å². The number of likely N-dealkylation sites (N-methyl/N-ethyl adjacent to an activating group) is 2. The van der Waals surface area contributed by atoms with E-state index in [1.54, 1.807) is 0 Å². The molecule has 2 aliphatic rings. The van der Waals surface area contributed by atoms with Gasteiger partial charge in [0.15, 0.2) is 0 Å². The second-order valence-electron chi connectivity index (χ2n) is 5.84. The van der Waals surface area contributed by atoms with E-state index in [9.17, 15) is 0 Å². The van der Waals surface area contributed by atoms with Gasteiger partial charge in [0.25, 0.3) is 0 Å². The number of rotatable bonds is 4. The molecule has 0 spiro atoms. The molecule has 1 aliphatic carbocycles. The molecule has 0 aromatic carbocycles. The molecule has 0 amide bonds. The van der Waals surface area contributed by atoms with Gasteiger partial charge in [-0.2, -0.15) is 0 Å². The van der Waals surface area contributed by atoms with Crippen LogP contribution in [0.15, 0.2) is 10.7 Å². The van der Waals surface area contributed by atoms with Gasteiger partial charge in [-0.25, -0.2) is 9.97 Å². The normalized spacial score (nSPS) is 23.8. The third-order valence-electron chi connectivity index (χ3n) is 4.19. The summed E-state index contributed by atoms with van der Waals surface area (Å²) in [5, 5.41) is 0. The van der Waals surface area contributed by atoms with Gasteiger partial charge in [0.05, 0.1) is 0 Å². The minimum Gasteiger partial charge on any atom is -0.358 e. The molecule has 2 fully saturated rings. The average Bonchev–Trinajstić information content (AvgIpc) is 3.15. The van der Waals surface area contributed by atoms with Crippen molar-refractivity contribution in [3.8, 4) is 0 Å². The van der Waals surface area contributed by atoms with Crippen molar-refractivity contribution in [3.05, 3.63) is 16.5 Å². The van der Waals surface area contributed by atoms with Gasteiger partial charge in [-0.15, -0.1) is 0 Å². The summed E-state index contributed by atoms with van der Waals surface area (Å²) in [6, 6.07) is 2.68. The second kappa shape index (κ2) is 5.37. The van der Waals surface area contributed by atoms with Gasteiger partial charge in [-0.05, 0) is 55.2 Å². The molecule has 0 bridgehead atoms. The first-order valence-electron chi connectivity index (χ1n) is 7.09. The van der Waals surface area contributed by atoms with Crippen molar-refractivity contribution >= 4 is 21.7 Å². The van der Waals surface area contributed by atoms with Crippen LogP contribution < -0.4 is 4.90 Å². The predicted molar refractivity (Wildman–Crippen MR) is 80.6 cm³/mol. The fraction of sp³-hybridized carbons (Fsp3) is 0.714. The van der Waals surface area contributed by atoms with Crippen LogP contribution in [-0.2, 0) is 0 Å². The van der Waals surface area contributed by atoms with E-state index in [1.807, 2.05) is 6.07 Å². The van der Waals surface area contributed by atoms with Crippen molar-refractivity contribution in [1.29, 1.82) is 0 Å². The standard InChI is InChI=1S/C14H21BrN4/c1-18-7-3-4-11(18)9-19(2)13-8-12(15)16-14(17-13)10-5-6-10/h8,10-11H,3-7,9H2,1-2H3. The molecule has 0 radical (unpaired) electrons. The summed E-state index contributed by atoms with van der Waals surface area (Å²) in [6.07, 6.45) is 5.09. The summed E-state index contributed by atoms with van der Waals surface area (Å²) in [7, 11) is 4.36. The molecule has 4 nitrogen and oxygen atoms in total. The van der Waals surface area contributed by atoms with E-state index >= 15 is 0 Å². The van der Waals surface area contributed by atoms with Gasteiger partial charge < -0.3 is 9.80 Å².